The Morgan fingerprint density at radius 2 is 0.562 bits per heavy atom. The van der Waals surface area contributed by atoms with Gasteiger partial charge in [0, 0.05) is 11.1 Å². The predicted molar refractivity (Wildman–Crippen MR) is 80.4 cm³/mol. The van der Waals surface area contributed by atoms with Crippen LogP contribution in [0.25, 0.3) is 0 Å². The van der Waals surface area contributed by atoms with E-state index in [1.54, 1.807) is 0 Å². The number of halogens is 14. The predicted octanol–water partition coefficient (Wildman–Crippen LogP) is 7.39. The van der Waals surface area contributed by atoms with Crippen LogP contribution in [0.15, 0.2) is 48.5 Å². The van der Waals surface area contributed by atoms with Crippen LogP contribution in [0.4, 0.5) is 61.5 Å². The fraction of sp³-hybridized carbons (Fsp3) is 0.333. The third-order valence-corrected chi connectivity index (χ3v) is 4.39. The van der Waals surface area contributed by atoms with Crippen LogP contribution in [0.5, 0.6) is 0 Å². The first kappa shape index (κ1) is 25.7. The molecular formula is C18H8F14. The molecule has 2 aromatic rings. The third kappa shape index (κ3) is 3.47. The van der Waals surface area contributed by atoms with E-state index >= 15 is 0 Å². The minimum absolute atomic E-state index is 0.0485. The normalized spacial score (nSPS) is 14.6. The lowest BCUT2D eigenvalue weighted by Crippen LogP contribution is -2.69. The Labute approximate surface area is 169 Å². The zero-order chi connectivity index (χ0) is 25.0. The van der Waals surface area contributed by atoms with Crippen molar-refractivity contribution in [3.05, 3.63) is 71.3 Å². The Hall–Kier alpha value is -2.54. The van der Waals surface area contributed by atoms with Crippen molar-refractivity contribution >= 4 is 0 Å². The molecule has 0 saturated carbocycles. The van der Waals surface area contributed by atoms with Crippen molar-refractivity contribution in [3.63, 3.8) is 0 Å². The highest BCUT2D eigenvalue weighted by atomic mass is 19.4. The van der Waals surface area contributed by atoms with Crippen LogP contribution in [0.2, 0.25) is 0 Å². The van der Waals surface area contributed by atoms with E-state index in [2.05, 4.69) is 0 Å². The molecule has 2 aromatic carbocycles. The highest BCUT2D eigenvalue weighted by molar-refractivity contribution is 5.29. The molecule has 32 heavy (non-hydrogen) atoms. The number of hydrogen-bond acceptors (Lipinski definition) is 0. The molecule has 0 heterocycles. The Kier molecular flexibility index (Phi) is 6.03. The molecule has 0 fully saturated rings. The fourth-order valence-corrected chi connectivity index (χ4v) is 2.47. The summed E-state index contributed by atoms with van der Waals surface area (Å²) in [5.41, 5.74) is -4.37. The van der Waals surface area contributed by atoms with E-state index in [1.807, 2.05) is 0 Å². The molecule has 0 aliphatic heterocycles. The van der Waals surface area contributed by atoms with Gasteiger partial charge in [-0.25, -0.2) is 8.78 Å². The first-order chi connectivity index (χ1) is 14.2. The zero-order valence-corrected chi connectivity index (χ0v) is 14.9. The summed E-state index contributed by atoms with van der Waals surface area (Å²) in [5.74, 6) is -45.6. The molecule has 2 rings (SSSR count). The fourth-order valence-electron chi connectivity index (χ4n) is 2.47. The molecule has 0 unspecified atom stereocenters. The maximum Gasteiger partial charge on any atom is 0.385 e. The molecule has 0 atom stereocenters. The molecule has 14 heteroatoms. The second kappa shape index (κ2) is 7.51. The van der Waals surface area contributed by atoms with E-state index in [9.17, 15) is 61.5 Å². The van der Waals surface area contributed by atoms with Gasteiger partial charge in [-0.05, 0) is 48.5 Å². The van der Waals surface area contributed by atoms with Gasteiger partial charge in [-0.15, -0.1) is 0 Å². The van der Waals surface area contributed by atoms with Crippen LogP contribution < -0.4 is 0 Å². The monoisotopic (exact) mass is 490 g/mol. The molecule has 0 amide bonds. The van der Waals surface area contributed by atoms with E-state index in [0.29, 0.717) is 0 Å². The smallest absolute Gasteiger partial charge is 0.207 e. The van der Waals surface area contributed by atoms with Gasteiger partial charge in [0.2, 0.25) is 0 Å². The third-order valence-electron chi connectivity index (χ3n) is 4.39. The second-order valence-electron chi connectivity index (χ2n) is 6.46. The standard InChI is InChI=1S/C18H8F14/c19-11-5-1-9(2-6-11)13(21,22)15(25,26)17(29,30)18(31,32)16(27,28)14(23,24)10-3-7-12(20)8-4-10/h1-8H. The average molecular weight is 490 g/mol. The van der Waals surface area contributed by atoms with E-state index < -0.39 is 58.3 Å². The van der Waals surface area contributed by atoms with Gasteiger partial charge in [-0.2, -0.15) is 52.7 Å². The summed E-state index contributed by atoms with van der Waals surface area (Å²) >= 11 is 0. The molecule has 0 spiro atoms. The van der Waals surface area contributed by atoms with Gasteiger partial charge >= 0.3 is 35.5 Å². The number of hydrogen-bond donors (Lipinski definition) is 0. The summed E-state index contributed by atoms with van der Waals surface area (Å²) in [4.78, 5) is 0. The molecule has 0 aromatic heterocycles. The summed E-state index contributed by atoms with van der Waals surface area (Å²) in [5, 5.41) is 0. The molecule has 178 valence electrons. The van der Waals surface area contributed by atoms with Crippen molar-refractivity contribution in [3.8, 4) is 0 Å². The van der Waals surface area contributed by atoms with Crippen molar-refractivity contribution in [1.29, 1.82) is 0 Å². The highest BCUT2D eigenvalue weighted by Crippen LogP contribution is 2.63. The van der Waals surface area contributed by atoms with Gasteiger partial charge in [0.1, 0.15) is 11.6 Å². The first-order valence-corrected chi connectivity index (χ1v) is 8.04. The molecular weight excluding hydrogens is 482 g/mol. The van der Waals surface area contributed by atoms with Crippen LogP contribution in [-0.4, -0.2) is 23.7 Å². The maximum atomic E-state index is 14.0. The van der Waals surface area contributed by atoms with Crippen molar-refractivity contribution in [2.24, 2.45) is 0 Å². The lowest BCUT2D eigenvalue weighted by Gasteiger charge is -2.41. The summed E-state index contributed by atoms with van der Waals surface area (Å²) in [6, 6.07) is -0.684. The van der Waals surface area contributed by atoms with Crippen LogP contribution in [-0.2, 0) is 11.8 Å². The summed E-state index contributed by atoms with van der Waals surface area (Å²) in [6.07, 6.45) is 0. The van der Waals surface area contributed by atoms with Gasteiger partial charge in [-0.3, -0.25) is 0 Å². The van der Waals surface area contributed by atoms with E-state index in [0.717, 1.165) is 0 Å². The van der Waals surface area contributed by atoms with Crippen molar-refractivity contribution < 1.29 is 61.5 Å². The lowest BCUT2D eigenvalue weighted by molar-refractivity contribution is -0.429. The summed E-state index contributed by atoms with van der Waals surface area (Å²) in [7, 11) is 0. The van der Waals surface area contributed by atoms with Crippen LogP contribution in [0.3, 0.4) is 0 Å². The molecule has 0 aliphatic rings. The maximum absolute atomic E-state index is 14.0. The molecule has 0 aliphatic carbocycles. The number of benzene rings is 2. The molecule has 0 bridgehead atoms. The average Bonchev–Trinajstić information content (AvgIpc) is 2.67. The molecule has 0 radical (unpaired) electrons. The van der Waals surface area contributed by atoms with E-state index in [-0.39, 0.29) is 48.5 Å². The topological polar surface area (TPSA) is 0 Å². The molecule has 0 saturated heterocycles. The quantitative estimate of drug-likeness (QED) is 0.355. The minimum atomic E-state index is -7.77. The molecule has 0 nitrogen and oxygen atoms in total. The van der Waals surface area contributed by atoms with Crippen molar-refractivity contribution in [2.45, 2.75) is 35.5 Å². The Morgan fingerprint density at radius 1 is 0.344 bits per heavy atom. The van der Waals surface area contributed by atoms with Gasteiger partial charge in [0.25, 0.3) is 0 Å². The zero-order valence-electron chi connectivity index (χ0n) is 14.9. The number of alkyl halides is 12. The minimum Gasteiger partial charge on any atom is -0.207 e. The van der Waals surface area contributed by atoms with E-state index in [1.165, 1.54) is 0 Å². The van der Waals surface area contributed by atoms with Crippen LogP contribution >= 0.6 is 0 Å². The van der Waals surface area contributed by atoms with Gasteiger partial charge in [0.05, 0.1) is 0 Å². The Morgan fingerprint density at radius 3 is 0.781 bits per heavy atom. The Balaban J connectivity index is 2.60. The van der Waals surface area contributed by atoms with Crippen molar-refractivity contribution in [1.82, 2.24) is 0 Å². The summed E-state index contributed by atoms with van der Waals surface area (Å²) < 4.78 is 193. The highest BCUT2D eigenvalue weighted by Gasteiger charge is 2.90. The lowest BCUT2D eigenvalue weighted by atomic mass is 9.87. The first-order valence-electron chi connectivity index (χ1n) is 8.04. The van der Waals surface area contributed by atoms with Gasteiger partial charge in [-0.1, -0.05) is 0 Å². The molecule has 0 N–H and O–H groups in total. The largest absolute Gasteiger partial charge is 0.385 e. The van der Waals surface area contributed by atoms with Gasteiger partial charge in [0.15, 0.2) is 0 Å². The van der Waals surface area contributed by atoms with E-state index in [4.69, 9.17) is 0 Å². The summed E-state index contributed by atoms with van der Waals surface area (Å²) in [6.45, 7) is 0. The van der Waals surface area contributed by atoms with Crippen LogP contribution in [0, 0.1) is 11.6 Å². The second-order valence-corrected chi connectivity index (χ2v) is 6.46. The van der Waals surface area contributed by atoms with Crippen LogP contribution in [0.1, 0.15) is 11.1 Å². The van der Waals surface area contributed by atoms with Gasteiger partial charge < -0.3 is 0 Å². The number of rotatable bonds is 7. The Bertz CT molecular complexity index is 865. The SMILES string of the molecule is Fc1ccc(C(F)(F)C(F)(F)C(F)(F)C(F)(F)C(F)(F)C(F)(F)c2ccc(F)cc2)cc1. The van der Waals surface area contributed by atoms with Crippen molar-refractivity contribution in [2.75, 3.05) is 0 Å².